The molecule has 1 aromatic rings. The Balaban J connectivity index is 2.67. The van der Waals surface area contributed by atoms with Crippen molar-refractivity contribution < 1.29 is 5.11 Å². The highest BCUT2D eigenvalue weighted by Crippen LogP contribution is 2.08. The molecule has 0 saturated carbocycles. The van der Waals surface area contributed by atoms with Crippen LogP contribution in [0.3, 0.4) is 0 Å². The van der Waals surface area contributed by atoms with E-state index in [-0.39, 0.29) is 12.1 Å². The van der Waals surface area contributed by atoms with E-state index in [1.165, 1.54) is 0 Å². The van der Waals surface area contributed by atoms with E-state index in [0.717, 1.165) is 5.69 Å². The van der Waals surface area contributed by atoms with Gasteiger partial charge in [-0.3, -0.25) is 4.68 Å². The van der Waals surface area contributed by atoms with Crippen LogP contribution in [0.15, 0.2) is 12.3 Å². The van der Waals surface area contributed by atoms with E-state index in [1.54, 1.807) is 0 Å². The van der Waals surface area contributed by atoms with Crippen LogP contribution in [0.5, 0.6) is 0 Å². The lowest BCUT2D eigenvalue weighted by Crippen LogP contribution is -2.52. The maximum atomic E-state index is 9.40. The maximum Gasteiger partial charge on any atom is 0.0628 e. The molecule has 1 unspecified atom stereocenters. The summed E-state index contributed by atoms with van der Waals surface area (Å²) in [7, 11) is 0. The highest BCUT2D eigenvalue weighted by molar-refractivity contribution is 4.96. The van der Waals surface area contributed by atoms with Crippen molar-refractivity contribution in [1.29, 1.82) is 0 Å². The van der Waals surface area contributed by atoms with Crippen LogP contribution in [0, 0.1) is 6.92 Å². The average Bonchev–Trinajstić information content (AvgIpc) is 2.49. The highest BCUT2D eigenvalue weighted by Gasteiger charge is 2.24. The number of rotatable bonds is 5. The van der Waals surface area contributed by atoms with E-state index in [2.05, 4.69) is 24.3 Å². The predicted molar refractivity (Wildman–Crippen MR) is 60.7 cm³/mol. The lowest BCUT2D eigenvalue weighted by Gasteiger charge is -2.31. The number of nitrogens with zero attached hydrogens (tertiary/aromatic N) is 2. The van der Waals surface area contributed by atoms with Crippen LogP contribution in [0.25, 0.3) is 0 Å². The zero-order chi connectivity index (χ0) is 11.5. The second-order valence-corrected chi connectivity index (χ2v) is 4.67. The Morgan fingerprint density at radius 3 is 2.67 bits per heavy atom. The van der Waals surface area contributed by atoms with E-state index in [1.807, 2.05) is 30.8 Å². The molecule has 0 aliphatic rings. The molecule has 0 fully saturated rings. The standard InChI is InChI=1S/C11H21N3O/c1-9(2)12-11(4,8-15)7-14-6-5-10(3)13-14/h5-6,9,12,15H,7-8H2,1-4H3. The third-order valence-electron chi connectivity index (χ3n) is 2.27. The van der Waals surface area contributed by atoms with Gasteiger partial charge in [0.25, 0.3) is 0 Å². The van der Waals surface area contributed by atoms with Crippen molar-refractivity contribution in [3.05, 3.63) is 18.0 Å². The molecule has 0 spiro atoms. The lowest BCUT2D eigenvalue weighted by molar-refractivity contribution is 0.144. The van der Waals surface area contributed by atoms with Crippen molar-refractivity contribution in [2.75, 3.05) is 6.61 Å². The van der Waals surface area contributed by atoms with E-state index in [0.29, 0.717) is 12.6 Å². The molecule has 86 valence electrons. The number of aromatic nitrogens is 2. The summed E-state index contributed by atoms with van der Waals surface area (Å²) in [5, 5.41) is 17.1. The molecule has 0 bridgehead atoms. The van der Waals surface area contributed by atoms with E-state index < -0.39 is 0 Å². The Morgan fingerprint density at radius 2 is 2.27 bits per heavy atom. The quantitative estimate of drug-likeness (QED) is 0.762. The molecule has 4 heteroatoms. The van der Waals surface area contributed by atoms with Gasteiger partial charge in [-0.2, -0.15) is 5.10 Å². The minimum absolute atomic E-state index is 0.101. The van der Waals surface area contributed by atoms with Gasteiger partial charge in [0.05, 0.1) is 24.4 Å². The molecule has 0 aliphatic carbocycles. The predicted octanol–water partition coefficient (Wildman–Crippen LogP) is 0.941. The van der Waals surface area contributed by atoms with Gasteiger partial charge in [0.15, 0.2) is 0 Å². The summed E-state index contributed by atoms with van der Waals surface area (Å²) in [6, 6.07) is 2.31. The van der Waals surface area contributed by atoms with Crippen LogP contribution in [-0.4, -0.2) is 33.1 Å². The molecule has 1 rings (SSSR count). The minimum atomic E-state index is -0.313. The number of aryl methyl sites for hydroxylation is 1. The van der Waals surface area contributed by atoms with Gasteiger partial charge < -0.3 is 10.4 Å². The van der Waals surface area contributed by atoms with Crippen LogP contribution in [0.1, 0.15) is 26.5 Å². The number of hydrogen-bond acceptors (Lipinski definition) is 3. The van der Waals surface area contributed by atoms with E-state index >= 15 is 0 Å². The van der Waals surface area contributed by atoms with E-state index in [9.17, 15) is 5.11 Å². The Hall–Kier alpha value is -0.870. The van der Waals surface area contributed by atoms with Gasteiger partial charge in [-0.05, 0) is 19.9 Å². The van der Waals surface area contributed by atoms with Gasteiger partial charge in [-0.25, -0.2) is 0 Å². The first-order chi connectivity index (χ1) is 6.95. The van der Waals surface area contributed by atoms with Crippen LogP contribution in [-0.2, 0) is 6.54 Å². The van der Waals surface area contributed by atoms with Crippen molar-refractivity contribution in [3.63, 3.8) is 0 Å². The topological polar surface area (TPSA) is 50.1 Å². The molecule has 4 nitrogen and oxygen atoms in total. The molecular formula is C11H21N3O. The molecule has 0 aliphatic heterocycles. The van der Waals surface area contributed by atoms with Crippen LogP contribution in [0.4, 0.5) is 0 Å². The summed E-state index contributed by atoms with van der Waals surface area (Å²) in [6.45, 7) is 8.89. The SMILES string of the molecule is Cc1ccn(CC(C)(CO)NC(C)C)n1. The van der Waals surface area contributed by atoms with Gasteiger partial charge in [0, 0.05) is 12.2 Å². The Morgan fingerprint density at radius 1 is 1.60 bits per heavy atom. The van der Waals surface area contributed by atoms with Gasteiger partial charge in [-0.15, -0.1) is 0 Å². The lowest BCUT2D eigenvalue weighted by atomic mass is 10.0. The number of nitrogens with one attached hydrogen (secondary N) is 1. The Kier molecular flexibility index (Phi) is 3.88. The molecule has 0 aromatic carbocycles. The zero-order valence-corrected chi connectivity index (χ0v) is 9.99. The second-order valence-electron chi connectivity index (χ2n) is 4.67. The summed E-state index contributed by atoms with van der Waals surface area (Å²) in [4.78, 5) is 0. The Labute approximate surface area is 91.3 Å². The fraction of sp³-hybridized carbons (Fsp3) is 0.727. The summed E-state index contributed by atoms with van der Waals surface area (Å²) in [6.07, 6.45) is 1.94. The van der Waals surface area contributed by atoms with E-state index in [4.69, 9.17) is 0 Å². The molecule has 1 heterocycles. The summed E-state index contributed by atoms with van der Waals surface area (Å²) in [5.41, 5.74) is 0.687. The second kappa shape index (κ2) is 4.77. The summed E-state index contributed by atoms with van der Waals surface area (Å²) < 4.78 is 1.86. The van der Waals surface area contributed by atoms with Crippen molar-refractivity contribution in [1.82, 2.24) is 15.1 Å². The fourth-order valence-electron chi connectivity index (χ4n) is 1.75. The molecule has 1 aromatic heterocycles. The zero-order valence-electron chi connectivity index (χ0n) is 9.99. The summed E-state index contributed by atoms with van der Waals surface area (Å²) in [5.74, 6) is 0. The van der Waals surface area contributed by atoms with Crippen molar-refractivity contribution in [3.8, 4) is 0 Å². The highest BCUT2D eigenvalue weighted by atomic mass is 16.3. The first-order valence-electron chi connectivity index (χ1n) is 5.34. The normalized spacial score (nSPS) is 15.6. The molecule has 15 heavy (non-hydrogen) atoms. The summed E-state index contributed by atoms with van der Waals surface area (Å²) >= 11 is 0. The van der Waals surface area contributed by atoms with Gasteiger partial charge in [-0.1, -0.05) is 13.8 Å². The average molecular weight is 211 g/mol. The van der Waals surface area contributed by atoms with Gasteiger partial charge in [0.2, 0.25) is 0 Å². The monoisotopic (exact) mass is 211 g/mol. The largest absolute Gasteiger partial charge is 0.394 e. The van der Waals surface area contributed by atoms with Gasteiger partial charge >= 0.3 is 0 Å². The maximum absolute atomic E-state index is 9.40. The van der Waals surface area contributed by atoms with Crippen molar-refractivity contribution in [2.24, 2.45) is 0 Å². The molecule has 2 N–H and O–H groups in total. The minimum Gasteiger partial charge on any atom is -0.394 e. The number of aliphatic hydroxyl groups excluding tert-OH is 1. The third-order valence-corrected chi connectivity index (χ3v) is 2.27. The molecule has 1 atom stereocenters. The Bertz CT molecular complexity index is 309. The third kappa shape index (κ3) is 3.64. The van der Waals surface area contributed by atoms with Crippen LogP contribution in [0.2, 0.25) is 0 Å². The van der Waals surface area contributed by atoms with Crippen molar-refractivity contribution >= 4 is 0 Å². The van der Waals surface area contributed by atoms with Crippen molar-refractivity contribution in [2.45, 2.75) is 45.8 Å². The molecule has 0 amide bonds. The van der Waals surface area contributed by atoms with Gasteiger partial charge in [0.1, 0.15) is 0 Å². The first kappa shape index (κ1) is 12.2. The number of aliphatic hydroxyl groups is 1. The fourth-order valence-corrected chi connectivity index (χ4v) is 1.75. The first-order valence-corrected chi connectivity index (χ1v) is 5.34. The molecule has 0 saturated heterocycles. The molecule has 0 radical (unpaired) electrons. The number of hydrogen-bond donors (Lipinski definition) is 2. The van der Waals surface area contributed by atoms with Crippen LogP contribution >= 0.6 is 0 Å². The van der Waals surface area contributed by atoms with Crippen LogP contribution < -0.4 is 5.32 Å². The molecular weight excluding hydrogens is 190 g/mol. The smallest absolute Gasteiger partial charge is 0.0628 e.